The molecule has 3 nitrogen and oxygen atoms in total. The second-order valence-corrected chi connectivity index (χ2v) is 8.52. The van der Waals surface area contributed by atoms with Crippen LogP contribution in [0.2, 0.25) is 10.0 Å². The number of thioether (sulfide) groups is 1. The molecule has 2 N–H and O–H groups in total. The molecule has 1 aliphatic carbocycles. The molecule has 0 bridgehead atoms. The van der Waals surface area contributed by atoms with Gasteiger partial charge in [0, 0.05) is 39.5 Å². The normalized spacial score (nSPS) is 25.8. The fourth-order valence-electron chi connectivity index (χ4n) is 3.24. The van der Waals surface area contributed by atoms with Gasteiger partial charge in [0.2, 0.25) is 0 Å². The molecule has 0 aromatic heterocycles. The zero-order chi connectivity index (χ0) is 19.1. The molecule has 0 heterocycles. The molecule has 0 amide bonds. The number of rotatable bonds is 9. The zero-order valence-corrected chi connectivity index (χ0v) is 16.6. The van der Waals surface area contributed by atoms with E-state index in [0.717, 1.165) is 4.90 Å². The molecular weight excluding hydrogens is 398 g/mol. The predicted molar refractivity (Wildman–Crippen MR) is 105 cm³/mol. The number of alkyl halides is 1. The van der Waals surface area contributed by atoms with Crippen LogP contribution in [0.1, 0.15) is 32.1 Å². The first kappa shape index (κ1) is 21.5. The van der Waals surface area contributed by atoms with E-state index < -0.39 is 18.2 Å². The lowest BCUT2D eigenvalue weighted by molar-refractivity contribution is -0.137. The van der Waals surface area contributed by atoms with Crippen LogP contribution >= 0.6 is 35.0 Å². The van der Waals surface area contributed by atoms with Gasteiger partial charge < -0.3 is 10.2 Å². The molecule has 7 heteroatoms. The molecule has 0 saturated heterocycles. The van der Waals surface area contributed by atoms with Gasteiger partial charge in [-0.25, -0.2) is 4.39 Å². The van der Waals surface area contributed by atoms with Crippen LogP contribution in [-0.4, -0.2) is 34.2 Å². The van der Waals surface area contributed by atoms with Gasteiger partial charge >= 0.3 is 5.97 Å². The Bertz CT molecular complexity index is 621. The third-order valence-electron chi connectivity index (χ3n) is 4.59. The van der Waals surface area contributed by atoms with Crippen LogP contribution in [0, 0.1) is 11.8 Å². The van der Waals surface area contributed by atoms with Crippen LogP contribution in [0.5, 0.6) is 0 Å². The number of unbranched alkanes of at least 4 members (excludes halogenated alkanes) is 1. The van der Waals surface area contributed by atoms with Crippen molar-refractivity contribution in [1.29, 1.82) is 0 Å². The van der Waals surface area contributed by atoms with Gasteiger partial charge in [-0.3, -0.25) is 4.79 Å². The van der Waals surface area contributed by atoms with Crippen LogP contribution in [0.25, 0.3) is 0 Å². The third-order valence-corrected chi connectivity index (χ3v) is 6.15. The summed E-state index contributed by atoms with van der Waals surface area (Å²) in [4.78, 5) is 11.4. The quantitative estimate of drug-likeness (QED) is 0.309. The highest BCUT2D eigenvalue weighted by Gasteiger charge is 2.41. The predicted octanol–water partition coefficient (Wildman–Crippen LogP) is 5.62. The van der Waals surface area contributed by atoms with Gasteiger partial charge in [-0.05, 0) is 43.4 Å². The highest BCUT2D eigenvalue weighted by molar-refractivity contribution is 7.99. The van der Waals surface area contributed by atoms with Crippen LogP contribution in [0.4, 0.5) is 4.39 Å². The molecule has 0 spiro atoms. The number of aliphatic carboxylic acids is 1. The lowest BCUT2D eigenvalue weighted by atomic mass is 9.92. The maximum absolute atomic E-state index is 14.3. The van der Waals surface area contributed by atoms with E-state index in [9.17, 15) is 14.3 Å². The van der Waals surface area contributed by atoms with Crippen LogP contribution in [0.15, 0.2) is 35.2 Å². The number of carbonyl (C=O) groups is 1. The SMILES string of the molecule is O=C(O)CCC/C=C\C[C@H]1C(F)CC(O)C1CSc1cc(Cl)cc(Cl)c1. The van der Waals surface area contributed by atoms with Gasteiger partial charge in [-0.15, -0.1) is 11.8 Å². The minimum Gasteiger partial charge on any atom is -0.481 e. The maximum atomic E-state index is 14.3. The second-order valence-electron chi connectivity index (χ2n) is 6.56. The van der Waals surface area contributed by atoms with Crippen molar-refractivity contribution in [3.8, 4) is 0 Å². The number of hydrogen-bond acceptors (Lipinski definition) is 3. The van der Waals surface area contributed by atoms with Crippen molar-refractivity contribution < 1.29 is 19.4 Å². The Morgan fingerprint density at radius 3 is 2.58 bits per heavy atom. The summed E-state index contributed by atoms with van der Waals surface area (Å²) in [6.07, 6.45) is 4.23. The molecule has 3 unspecified atom stereocenters. The molecule has 4 atom stereocenters. The van der Waals surface area contributed by atoms with E-state index in [4.69, 9.17) is 28.3 Å². The summed E-state index contributed by atoms with van der Waals surface area (Å²) in [7, 11) is 0. The maximum Gasteiger partial charge on any atom is 0.303 e. The molecule has 0 aliphatic heterocycles. The first-order chi connectivity index (χ1) is 12.4. The van der Waals surface area contributed by atoms with E-state index in [2.05, 4.69) is 0 Å². The molecule has 1 aromatic rings. The van der Waals surface area contributed by atoms with Gasteiger partial charge in [0.15, 0.2) is 0 Å². The van der Waals surface area contributed by atoms with E-state index in [0.29, 0.717) is 35.1 Å². The van der Waals surface area contributed by atoms with Crippen molar-refractivity contribution in [2.75, 3.05) is 5.75 Å². The summed E-state index contributed by atoms with van der Waals surface area (Å²) < 4.78 is 14.3. The van der Waals surface area contributed by atoms with E-state index in [1.54, 1.807) is 6.07 Å². The monoisotopic (exact) mass is 420 g/mol. The molecular formula is C19H23Cl2FO3S. The molecule has 1 saturated carbocycles. The molecule has 2 rings (SSSR count). The summed E-state index contributed by atoms with van der Waals surface area (Å²) >= 11 is 13.5. The fourth-order valence-corrected chi connectivity index (χ4v) is 5.17. The van der Waals surface area contributed by atoms with Crippen LogP contribution < -0.4 is 0 Å². The van der Waals surface area contributed by atoms with Crippen molar-refractivity contribution in [2.24, 2.45) is 11.8 Å². The van der Waals surface area contributed by atoms with E-state index >= 15 is 0 Å². The van der Waals surface area contributed by atoms with Crippen LogP contribution in [-0.2, 0) is 4.79 Å². The summed E-state index contributed by atoms with van der Waals surface area (Å²) in [5, 5.41) is 19.9. The summed E-state index contributed by atoms with van der Waals surface area (Å²) in [5.74, 6) is -0.589. The molecule has 144 valence electrons. The highest BCUT2D eigenvalue weighted by atomic mass is 35.5. The highest BCUT2D eigenvalue weighted by Crippen LogP contribution is 2.40. The van der Waals surface area contributed by atoms with Crippen LogP contribution in [0.3, 0.4) is 0 Å². The number of allylic oxidation sites excluding steroid dienone is 2. The Balaban J connectivity index is 1.88. The summed E-state index contributed by atoms with van der Waals surface area (Å²) in [5.41, 5.74) is 0. The largest absolute Gasteiger partial charge is 0.481 e. The lowest BCUT2D eigenvalue weighted by Gasteiger charge is -2.21. The number of halogens is 3. The number of hydrogen-bond donors (Lipinski definition) is 2. The topological polar surface area (TPSA) is 57.5 Å². The number of aliphatic hydroxyl groups is 1. The van der Waals surface area contributed by atoms with Crippen molar-refractivity contribution in [3.05, 3.63) is 40.4 Å². The van der Waals surface area contributed by atoms with Gasteiger partial charge in [0.1, 0.15) is 6.17 Å². The minimum absolute atomic E-state index is 0.139. The first-order valence-electron chi connectivity index (χ1n) is 8.64. The van der Waals surface area contributed by atoms with Crippen molar-refractivity contribution >= 4 is 40.9 Å². The van der Waals surface area contributed by atoms with E-state index in [1.165, 1.54) is 11.8 Å². The molecule has 1 aromatic carbocycles. The molecule has 0 radical (unpaired) electrons. The number of benzene rings is 1. The summed E-state index contributed by atoms with van der Waals surface area (Å²) in [6, 6.07) is 5.28. The smallest absolute Gasteiger partial charge is 0.303 e. The summed E-state index contributed by atoms with van der Waals surface area (Å²) in [6.45, 7) is 0. The zero-order valence-electron chi connectivity index (χ0n) is 14.3. The Hall–Kier alpha value is -0.750. The third kappa shape index (κ3) is 6.76. The Labute approximate surface area is 167 Å². The Morgan fingerprint density at radius 1 is 1.23 bits per heavy atom. The Kier molecular flexibility index (Phi) is 8.74. The number of carboxylic acid groups (broad SMARTS) is 1. The number of aliphatic hydroxyl groups excluding tert-OH is 1. The number of carboxylic acids is 1. The first-order valence-corrected chi connectivity index (χ1v) is 10.4. The van der Waals surface area contributed by atoms with E-state index in [1.807, 2.05) is 24.3 Å². The molecule has 1 fully saturated rings. The van der Waals surface area contributed by atoms with Crippen molar-refractivity contribution in [1.82, 2.24) is 0 Å². The fraction of sp³-hybridized carbons (Fsp3) is 0.526. The van der Waals surface area contributed by atoms with Gasteiger partial charge in [-0.1, -0.05) is 35.4 Å². The molecule has 1 aliphatic rings. The Morgan fingerprint density at radius 2 is 1.92 bits per heavy atom. The average molecular weight is 421 g/mol. The van der Waals surface area contributed by atoms with Crippen molar-refractivity contribution in [2.45, 2.75) is 49.3 Å². The minimum atomic E-state index is -1.03. The second kappa shape index (κ2) is 10.5. The van der Waals surface area contributed by atoms with Gasteiger partial charge in [-0.2, -0.15) is 0 Å². The van der Waals surface area contributed by atoms with E-state index in [-0.39, 0.29) is 24.7 Å². The standard InChI is InChI=1S/C19H23Cl2FO3S/c20-12-7-13(21)9-14(8-12)26-11-16-15(17(22)10-18(16)23)5-3-1-2-4-6-19(24)25/h1,3,7-9,15-18,23H,2,4-6,10-11H2,(H,24,25)/b3-1-/t15-,16?,17?,18?/m1/s1. The molecule has 26 heavy (non-hydrogen) atoms. The lowest BCUT2D eigenvalue weighted by Crippen LogP contribution is -2.23. The van der Waals surface area contributed by atoms with Gasteiger partial charge in [0.05, 0.1) is 6.10 Å². The average Bonchev–Trinajstić information content (AvgIpc) is 2.81. The van der Waals surface area contributed by atoms with Gasteiger partial charge in [0.25, 0.3) is 0 Å². The van der Waals surface area contributed by atoms with Crippen molar-refractivity contribution in [3.63, 3.8) is 0 Å².